The van der Waals surface area contributed by atoms with Gasteiger partial charge in [-0.1, -0.05) is 22.0 Å². The van der Waals surface area contributed by atoms with Gasteiger partial charge in [0.15, 0.2) is 0 Å². The van der Waals surface area contributed by atoms with Gasteiger partial charge in [-0.05, 0) is 48.9 Å². The minimum atomic E-state index is -0.882. The topological polar surface area (TPSA) is 49.8 Å². The Bertz CT molecular complexity index is 526. The van der Waals surface area contributed by atoms with Gasteiger partial charge in [0.2, 0.25) is 0 Å². The summed E-state index contributed by atoms with van der Waals surface area (Å²) in [5.41, 5.74) is 2.92. The van der Waals surface area contributed by atoms with Crippen molar-refractivity contribution in [3.8, 4) is 0 Å². The van der Waals surface area contributed by atoms with E-state index < -0.39 is 5.97 Å². The lowest BCUT2D eigenvalue weighted by Gasteiger charge is -2.36. The number of piperidine rings is 1. The van der Waals surface area contributed by atoms with E-state index in [1.165, 1.54) is 17.5 Å². The van der Waals surface area contributed by atoms with E-state index in [0.29, 0.717) is 6.04 Å². The van der Waals surface area contributed by atoms with E-state index in [4.69, 9.17) is 9.84 Å². The van der Waals surface area contributed by atoms with E-state index >= 15 is 0 Å². The van der Waals surface area contributed by atoms with Crippen LogP contribution in [0.25, 0.3) is 0 Å². The van der Waals surface area contributed by atoms with Crippen molar-refractivity contribution in [1.82, 2.24) is 4.90 Å². The lowest BCUT2D eigenvalue weighted by Crippen LogP contribution is -2.39. The van der Waals surface area contributed by atoms with Crippen LogP contribution in [-0.2, 0) is 16.0 Å². The first-order valence-corrected chi connectivity index (χ1v) is 8.28. The van der Waals surface area contributed by atoms with E-state index in [0.717, 1.165) is 36.8 Å². The summed E-state index contributed by atoms with van der Waals surface area (Å²) in [6, 6.07) is 7.12. The van der Waals surface area contributed by atoms with Crippen LogP contribution in [0.4, 0.5) is 0 Å². The summed E-state index contributed by atoms with van der Waals surface area (Å²) in [4.78, 5) is 13.1. The fourth-order valence-electron chi connectivity index (χ4n) is 3.49. The third-order valence-electron chi connectivity index (χ3n) is 4.51. The highest BCUT2D eigenvalue weighted by Gasteiger charge is 2.31. The van der Waals surface area contributed by atoms with Crippen LogP contribution in [0, 0.1) is 0 Å². The van der Waals surface area contributed by atoms with Gasteiger partial charge in [0, 0.05) is 23.6 Å². The Morgan fingerprint density at radius 2 is 2.10 bits per heavy atom. The fourth-order valence-corrected chi connectivity index (χ4v) is 3.89. The number of aliphatic carboxylic acids is 1. The fraction of sp³-hybridized carbons (Fsp3) is 0.562. The maximum Gasteiger partial charge on any atom is 0.329 e. The average Bonchev–Trinajstić information content (AvgIpc) is 2.88. The zero-order valence-corrected chi connectivity index (χ0v) is 13.5. The van der Waals surface area contributed by atoms with Crippen LogP contribution in [0.15, 0.2) is 22.7 Å². The molecular formula is C16H20BrNO3. The van der Waals surface area contributed by atoms with E-state index in [9.17, 15) is 4.79 Å². The number of fused-ring (bicyclic) bond motifs is 1. The van der Waals surface area contributed by atoms with Crippen LogP contribution >= 0.6 is 15.9 Å². The molecule has 0 amide bonds. The molecule has 0 aromatic heterocycles. The summed E-state index contributed by atoms with van der Waals surface area (Å²) < 4.78 is 6.56. The molecule has 114 valence electrons. The van der Waals surface area contributed by atoms with Crippen LogP contribution in [0.3, 0.4) is 0 Å². The normalized spacial score (nSPS) is 23.2. The number of halogens is 1. The monoisotopic (exact) mass is 353 g/mol. The molecule has 1 saturated heterocycles. The molecule has 1 fully saturated rings. The number of rotatable bonds is 4. The molecule has 0 radical (unpaired) electrons. The largest absolute Gasteiger partial charge is 0.480 e. The highest BCUT2D eigenvalue weighted by atomic mass is 79.9. The molecule has 1 heterocycles. The van der Waals surface area contributed by atoms with Gasteiger partial charge >= 0.3 is 5.97 Å². The van der Waals surface area contributed by atoms with E-state index in [1.54, 1.807) is 0 Å². The number of hydrogen-bond acceptors (Lipinski definition) is 3. The summed E-state index contributed by atoms with van der Waals surface area (Å²) >= 11 is 3.54. The molecule has 1 unspecified atom stereocenters. The summed E-state index contributed by atoms with van der Waals surface area (Å²) in [6.07, 6.45) is 4.29. The molecule has 1 atom stereocenters. The molecule has 1 N–H and O–H groups in total. The van der Waals surface area contributed by atoms with Gasteiger partial charge < -0.3 is 9.84 Å². The zero-order chi connectivity index (χ0) is 14.8. The van der Waals surface area contributed by atoms with Gasteiger partial charge in [-0.15, -0.1) is 0 Å². The third-order valence-corrected chi connectivity index (χ3v) is 5.00. The molecule has 2 aliphatic rings. The smallest absolute Gasteiger partial charge is 0.329 e. The Labute approximate surface area is 133 Å². The van der Waals surface area contributed by atoms with Gasteiger partial charge in [-0.2, -0.15) is 0 Å². The predicted octanol–water partition coefficient (Wildman–Crippen LogP) is 3.00. The summed E-state index contributed by atoms with van der Waals surface area (Å²) in [6.45, 7) is 1.81. The van der Waals surface area contributed by atoms with Crippen molar-refractivity contribution in [2.24, 2.45) is 0 Å². The number of carboxylic acid groups (broad SMARTS) is 1. The Kier molecular flexibility index (Phi) is 4.62. The van der Waals surface area contributed by atoms with Crippen LogP contribution in [0.5, 0.6) is 0 Å². The van der Waals surface area contributed by atoms with Crippen molar-refractivity contribution in [3.63, 3.8) is 0 Å². The number of ether oxygens (including phenoxy) is 1. The second-order valence-electron chi connectivity index (χ2n) is 5.84. The van der Waals surface area contributed by atoms with Crippen molar-refractivity contribution in [1.29, 1.82) is 0 Å². The average molecular weight is 354 g/mol. The Hall–Kier alpha value is -0.910. The molecule has 0 spiro atoms. The number of hydrogen-bond donors (Lipinski definition) is 1. The summed E-state index contributed by atoms with van der Waals surface area (Å²) in [7, 11) is 0. The standard InChI is InChI=1S/C16H20BrNO3/c17-12-2-3-14-11(9-12)1-4-15(14)18-7-5-13(6-8-18)21-10-16(19)20/h2-3,9,13,15H,1,4-8,10H2,(H,19,20). The molecule has 3 rings (SSSR count). The van der Waals surface area contributed by atoms with E-state index in [-0.39, 0.29) is 12.7 Å². The Balaban J connectivity index is 1.58. The second-order valence-corrected chi connectivity index (χ2v) is 6.75. The number of benzene rings is 1. The van der Waals surface area contributed by atoms with Gasteiger partial charge in [-0.3, -0.25) is 4.90 Å². The SMILES string of the molecule is O=C(O)COC1CCN(C2CCc3cc(Br)ccc32)CC1. The minimum absolute atomic E-state index is 0.100. The number of likely N-dealkylation sites (tertiary alicyclic amines) is 1. The van der Waals surface area contributed by atoms with Gasteiger partial charge in [-0.25, -0.2) is 4.79 Å². The number of aryl methyl sites for hydroxylation is 1. The first-order valence-electron chi connectivity index (χ1n) is 7.49. The van der Waals surface area contributed by atoms with Crippen molar-refractivity contribution >= 4 is 21.9 Å². The molecule has 1 aliphatic carbocycles. The third kappa shape index (κ3) is 3.47. The Morgan fingerprint density at radius 3 is 2.81 bits per heavy atom. The predicted molar refractivity (Wildman–Crippen MR) is 83.4 cm³/mol. The molecule has 21 heavy (non-hydrogen) atoms. The Morgan fingerprint density at radius 1 is 1.33 bits per heavy atom. The zero-order valence-electron chi connectivity index (χ0n) is 11.9. The number of carbonyl (C=O) groups is 1. The molecule has 0 bridgehead atoms. The maximum absolute atomic E-state index is 10.5. The van der Waals surface area contributed by atoms with Crippen LogP contribution < -0.4 is 0 Å². The second kappa shape index (κ2) is 6.46. The summed E-state index contributed by atoms with van der Waals surface area (Å²) in [5, 5.41) is 8.66. The number of carboxylic acids is 1. The summed E-state index contributed by atoms with van der Waals surface area (Å²) in [5.74, 6) is -0.882. The van der Waals surface area contributed by atoms with Crippen molar-refractivity contribution in [2.75, 3.05) is 19.7 Å². The first-order chi connectivity index (χ1) is 10.1. The molecule has 4 nitrogen and oxygen atoms in total. The first kappa shape index (κ1) is 15.0. The lowest BCUT2D eigenvalue weighted by molar-refractivity contribution is -0.145. The van der Waals surface area contributed by atoms with Gasteiger partial charge in [0.25, 0.3) is 0 Å². The lowest BCUT2D eigenvalue weighted by atomic mass is 10.0. The van der Waals surface area contributed by atoms with E-state index in [2.05, 4.69) is 39.0 Å². The molecule has 1 aromatic carbocycles. The minimum Gasteiger partial charge on any atom is -0.480 e. The van der Waals surface area contributed by atoms with Crippen molar-refractivity contribution in [3.05, 3.63) is 33.8 Å². The van der Waals surface area contributed by atoms with Gasteiger partial charge in [0.1, 0.15) is 6.61 Å². The van der Waals surface area contributed by atoms with E-state index in [1.807, 2.05) is 0 Å². The molecular weight excluding hydrogens is 334 g/mol. The van der Waals surface area contributed by atoms with Crippen molar-refractivity contribution < 1.29 is 14.6 Å². The number of nitrogens with zero attached hydrogens (tertiary/aromatic N) is 1. The van der Waals surface area contributed by atoms with Crippen LogP contribution in [0.2, 0.25) is 0 Å². The van der Waals surface area contributed by atoms with Crippen LogP contribution in [0.1, 0.15) is 36.4 Å². The highest BCUT2D eigenvalue weighted by molar-refractivity contribution is 9.10. The highest BCUT2D eigenvalue weighted by Crippen LogP contribution is 2.38. The van der Waals surface area contributed by atoms with Crippen molar-refractivity contribution in [2.45, 2.75) is 37.8 Å². The molecule has 5 heteroatoms. The van der Waals surface area contributed by atoms with Crippen LogP contribution in [-0.4, -0.2) is 41.8 Å². The van der Waals surface area contributed by atoms with Gasteiger partial charge in [0.05, 0.1) is 6.10 Å². The maximum atomic E-state index is 10.5. The molecule has 0 saturated carbocycles. The molecule has 1 aliphatic heterocycles. The quantitative estimate of drug-likeness (QED) is 0.903. The molecule has 1 aromatic rings.